The van der Waals surface area contributed by atoms with Crippen molar-refractivity contribution in [3.63, 3.8) is 0 Å². The summed E-state index contributed by atoms with van der Waals surface area (Å²) in [7, 11) is 0. The first-order valence-electron chi connectivity index (χ1n) is 11.0. The van der Waals surface area contributed by atoms with Crippen molar-refractivity contribution in [1.29, 1.82) is 0 Å². The fourth-order valence-corrected chi connectivity index (χ4v) is 4.04. The van der Waals surface area contributed by atoms with Crippen LogP contribution >= 0.6 is 11.6 Å². The Hall–Kier alpha value is -3.62. The lowest BCUT2D eigenvalue weighted by molar-refractivity contribution is -0.385. The Labute approximate surface area is 202 Å². The summed E-state index contributed by atoms with van der Waals surface area (Å²) in [5, 5.41) is 14.5. The number of para-hydroxylation sites is 2. The SMILES string of the molecule is CCN1CCN(c2ccccc2NC(=O)c2ccc(Oc3ccc(Cl)cc3[N+](=O)[O-])cc2)CC1. The Morgan fingerprint density at radius 1 is 1.06 bits per heavy atom. The Morgan fingerprint density at radius 2 is 1.76 bits per heavy atom. The molecular weight excluding hydrogens is 456 g/mol. The van der Waals surface area contributed by atoms with Crippen LogP contribution in [-0.4, -0.2) is 48.5 Å². The molecule has 9 heteroatoms. The van der Waals surface area contributed by atoms with Gasteiger partial charge in [0.1, 0.15) is 5.75 Å². The van der Waals surface area contributed by atoms with E-state index in [0.717, 1.165) is 44.1 Å². The normalized spacial score (nSPS) is 14.0. The van der Waals surface area contributed by atoms with Crippen LogP contribution < -0.4 is 15.0 Å². The van der Waals surface area contributed by atoms with Crippen molar-refractivity contribution >= 4 is 34.6 Å². The smallest absolute Gasteiger partial charge is 0.313 e. The van der Waals surface area contributed by atoms with Gasteiger partial charge in [-0.1, -0.05) is 30.7 Å². The van der Waals surface area contributed by atoms with Crippen molar-refractivity contribution in [2.45, 2.75) is 6.92 Å². The van der Waals surface area contributed by atoms with Crippen molar-refractivity contribution in [3.8, 4) is 11.5 Å². The Bertz CT molecular complexity index is 1180. The molecule has 0 aromatic heterocycles. The van der Waals surface area contributed by atoms with E-state index >= 15 is 0 Å². The fourth-order valence-electron chi connectivity index (χ4n) is 3.88. The van der Waals surface area contributed by atoms with Crippen LogP contribution in [0.1, 0.15) is 17.3 Å². The lowest BCUT2D eigenvalue weighted by Gasteiger charge is -2.36. The molecule has 3 aromatic rings. The molecule has 0 radical (unpaired) electrons. The predicted octanol–water partition coefficient (Wildman–Crippen LogP) is 5.43. The van der Waals surface area contributed by atoms with E-state index < -0.39 is 4.92 Å². The van der Waals surface area contributed by atoms with Crippen LogP contribution in [0.2, 0.25) is 5.02 Å². The zero-order valence-corrected chi connectivity index (χ0v) is 19.5. The average molecular weight is 481 g/mol. The van der Waals surface area contributed by atoms with Crippen LogP contribution in [0.4, 0.5) is 17.1 Å². The quantitative estimate of drug-likeness (QED) is 0.358. The number of anilines is 2. The number of nitrogens with zero attached hydrogens (tertiary/aromatic N) is 3. The van der Waals surface area contributed by atoms with E-state index in [1.807, 2.05) is 24.3 Å². The zero-order valence-electron chi connectivity index (χ0n) is 18.7. The summed E-state index contributed by atoms with van der Waals surface area (Å²) >= 11 is 5.85. The van der Waals surface area contributed by atoms with E-state index in [-0.39, 0.29) is 22.4 Å². The average Bonchev–Trinajstić information content (AvgIpc) is 2.86. The molecule has 1 fully saturated rings. The van der Waals surface area contributed by atoms with Crippen LogP contribution in [0.15, 0.2) is 66.7 Å². The molecule has 0 atom stereocenters. The number of nitro benzene ring substituents is 1. The topological polar surface area (TPSA) is 88.0 Å². The van der Waals surface area contributed by atoms with Crippen LogP contribution in [0.3, 0.4) is 0 Å². The van der Waals surface area contributed by atoms with Crippen molar-refractivity contribution in [3.05, 3.63) is 87.4 Å². The number of nitrogens with one attached hydrogen (secondary N) is 1. The molecule has 0 aliphatic carbocycles. The minimum atomic E-state index is -0.553. The summed E-state index contributed by atoms with van der Waals surface area (Å²) in [4.78, 5) is 28.3. The molecule has 1 N–H and O–H groups in total. The molecule has 3 aromatic carbocycles. The van der Waals surface area contributed by atoms with Gasteiger partial charge < -0.3 is 19.9 Å². The molecule has 1 aliphatic rings. The van der Waals surface area contributed by atoms with E-state index in [4.69, 9.17) is 16.3 Å². The van der Waals surface area contributed by atoms with Crippen molar-refractivity contribution < 1.29 is 14.5 Å². The minimum absolute atomic E-state index is 0.0729. The number of hydrogen-bond acceptors (Lipinski definition) is 6. The van der Waals surface area contributed by atoms with E-state index in [0.29, 0.717) is 11.3 Å². The molecule has 8 nitrogen and oxygen atoms in total. The second kappa shape index (κ2) is 10.5. The van der Waals surface area contributed by atoms with E-state index in [1.54, 1.807) is 24.3 Å². The number of likely N-dealkylation sites (N-methyl/N-ethyl adjacent to an activating group) is 1. The largest absolute Gasteiger partial charge is 0.450 e. The first-order chi connectivity index (χ1) is 16.4. The maximum Gasteiger partial charge on any atom is 0.313 e. The Morgan fingerprint density at radius 3 is 2.44 bits per heavy atom. The highest BCUT2D eigenvalue weighted by Crippen LogP contribution is 2.34. The first kappa shape index (κ1) is 23.5. The molecule has 1 heterocycles. The van der Waals surface area contributed by atoms with Gasteiger partial charge >= 0.3 is 5.69 Å². The van der Waals surface area contributed by atoms with Gasteiger partial charge in [0.25, 0.3) is 5.91 Å². The van der Waals surface area contributed by atoms with Gasteiger partial charge in [0.2, 0.25) is 5.75 Å². The van der Waals surface area contributed by atoms with Gasteiger partial charge in [-0.2, -0.15) is 0 Å². The summed E-state index contributed by atoms with van der Waals surface area (Å²) in [5.41, 5.74) is 1.98. The second-order valence-corrected chi connectivity index (χ2v) is 8.32. The number of piperazine rings is 1. The van der Waals surface area contributed by atoms with Gasteiger partial charge in [-0.15, -0.1) is 0 Å². The predicted molar refractivity (Wildman–Crippen MR) is 133 cm³/mol. The summed E-state index contributed by atoms with van der Waals surface area (Å²) in [5.74, 6) is 0.198. The summed E-state index contributed by atoms with van der Waals surface area (Å²) < 4.78 is 5.65. The highest BCUT2D eigenvalue weighted by Gasteiger charge is 2.20. The number of benzene rings is 3. The molecule has 1 saturated heterocycles. The summed E-state index contributed by atoms with van der Waals surface area (Å²) in [6, 6.07) is 18.4. The van der Waals surface area contributed by atoms with Crippen LogP contribution in [-0.2, 0) is 0 Å². The molecule has 176 valence electrons. The highest BCUT2D eigenvalue weighted by molar-refractivity contribution is 6.30. The van der Waals surface area contributed by atoms with Crippen LogP contribution in [0.5, 0.6) is 11.5 Å². The van der Waals surface area contributed by atoms with Crippen molar-refractivity contribution in [2.24, 2.45) is 0 Å². The van der Waals surface area contributed by atoms with Gasteiger partial charge in [-0.25, -0.2) is 0 Å². The summed E-state index contributed by atoms with van der Waals surface area (Å²) in [6.07, 6.45) is 0. The third-order valence-electron chi connectivity index (χ3n) is 5.77. The van der Waals surface area contributed by atoms with Gasteiger partial charge in [0.05, 0.1) is 16.3 Å². The second-order valence-electron chi connectivity index (χ2n) is 7.89. The monoisotopic (exact) mass is 480 g/mol. The number of hydrogen-bond donors (Lipinski definition) is 1. The van der Waals surface area contributed by atoms with Crippen molar-refractivity contribution in [2.75, 3.05) is 42.9 Å². The maximum atomic E-state index is 12.9. The van der Waals surface area contributed by atoms with Gasteiger partial charge in [-0.05, 0) is 55.1 Å². The number of ether oxygens (including phenoxy) is 1. The first-order valence-corrected chi connectivity index (χ1v) is 11.4. The molecule has 4 rings (SSSR count). The minimum Gasteiger partial charge on any atom is -0.450 e. The molecule has 1 amide bonds. The number of carbonyl (C=O) groups excluding carboxylic acids is 1. The standard InChI is InChI=1S/C25H25ClN4O4/c1-2-28-13-15-29(16-14-28)22-6-4-3-5-21(22)27-25(31)18-7-10-20(11-8-18)34-24-12-9-19(26)17-23(24)30(32)33/h3-12,17H,2,13-16H2,1H3,(H,27,31). The van der Waals surface area contributed by atoms with Gasteiger partial charge in [-0.3, -0.25) is 14.9 Å². The van der Waals surface area contributed by atoms with E-state index in [1.165, 1.54) is 18.2 Å². The molecular formula is C25H25ClN4O4. The Kier molecular flexibility index (Phi) is 7.30. The van der Waals surface area contributed by atoms with E-state index in [9.17, 15) is 14.9 Å². The highest BCUT2D eigenvalue weighted by atomic mass is 35.5. The Balaban J connectivity index is 1.45. The maximum absolute atomic E-state index is 12.9. The third kappa shape index (κ3) is 5.47. The molecule has 34 heavy (non-hydrogen) atoms. The summed E-state index contributed by atoms with van der Waals surface area (Å²) in [6.45, 7) is 7.00. The van der Waals surface area contributed by atoms with E-state index in [2.05, 4.69) is 22.0 Å². The van der Waals surface area contributed by atoms with Crippen LogP contribution in [0.25, 0.3) is 0 Å². The lowest BCUT2D eigenvalue weighted by atomic mass is 10.1. The molecule has 0 spiro atoms. The number of nitro groups is 1. The number of amides is 1. The number of carbonyl (C=O) groups is 1. The van der Waals surface area contributed by atoms with Crippen molar-refractivity contribution in [1.82, 2.24) is 4.90 Å². The number of halogens is 1. The third-order valence-corrected chi connectivity index (χ3v) is 6.01. The van der Waals surface area contributed by atoms with Gasteiger partial charge in [0, 0.05) is 42.8 Å². The lowest BCUT2D eigenvalue weighted by Crippen LogP contribution is -2.46. The fraction of sp³-hybridized carbons (Fsp3) is 0.240. The molecule has 0 bridgehead atoms. The zero-order chi connectivity index (χ0) is 24.1. The van der Waals surface area contributed by atoms with Crippen LogP contribution in [0, 0.1) is 10.1 Å². The van der Waals surface area contributed by atoms with Gasteiger partial charge in [0.15, 0.2) is 0 Å². The number of rotatable bonds is 7. The molecule has 1 aliphatic heterocycles. The molecule has 0 unspecified atom stereocenters. The molecule has 0 saturated carbocycles.